The quantitative estimate of drug-likeness (QED) is 0.787. The van der Waals surface area contributed by atoms with Gasteiger partial charge in [0.05, 0.1) is 6.61 Å². The van der Waals surface area contributed by atoms with Gasteiger partial charge in [-0.25, -0.2) is 0 Å². The molecule has 0 saturated carbocycles. The molecule has 0 aliphatic carbocycles. The van der Waals surface area contributed by atoms with Crippen molar-refractivity contribution in [3.63, 3.8) is 0 Å². The van der Waals surface area contributed by atoms with Crippen molar-refractivity contribution in [3.8, 4) is 5.75 Å². The van der Waals surface area contributed by atoms with Crippen LogP contribution in [0, 0.1) is 11.8 Å². The predicted octanol–water partition coefficient (Wildman–Crippen LogP) is 3.81. The summed E-state index contributed by atoms with van der Waals surface area (Å²) in [6, 6.07) is 6.00. The minimum Gasteiger partial charge on any atom is -0.493 e. The van der Waals surface area contributed by atoms with E-state index in [1.165, 1.54) is 12.0 Å². The Labute approximate surface area is 140 Å². The second-order valence-electron chi connectivity index (χ2n) is 6.63. The summed E-state index contributed by atoms with van der Waals surface area (Å²) in [5, 5.41) is 4.20. The predicted molar refractivity (Wildman–Crippen MR) is 93.7 cm³/mol. The Morgan fingerprint density at radius 2 is 2.23 bits per heavy atom. The third-order valence-electron chi connectivity index (χ3n) is 4.03. The van der Waals surface area contributed by atoms with E-state index in [-0.39, 0.29) is 0 Å². The third kappa shape index (κ3) is 5.45. The van der Waals surface area contributed by atoms with Crippen molar-refractivity contribution < 1.29 is 4.74 Å². The van der Waals surface area contributed by atoms with Crippen LogP contribution in [0.1, 0.15) is 32.8 Å². The molecular weight excluding hydrogens is 296 g/mol. The van der Waals surface area contributed by atoms with Gasteiger partial charge < -0.3 is 10.1 Å². The zero-order chi connectivity index (χ0) is 15.9. The van der Waals surface area contributed by atoms with Crippen LogP contribution in [-0.4, -0.2) is 37.7 Å². The molecule has 0 spiro atoms. The Balaban J connectivity index is 2.07. The number of nitrogens with one attached hydrogen (secondary N) is 1. The van der Waals surface area contributed by atoms with Gasteiger partial charge in [-0.3, -0.25) is 4.90 Å². The van der Waals surface area contributed by atoms with Crippen LogP contribution in [0.3, 0.4) is 0 Å². The lowest BCUT2D eigenvalue weighted by molar-refractivity contribution is 0.202. The highest BCUT2D eigenvalue weighted by molar-refractivity contribution is 6.30. The molecule has 1 aliphatic heterocycles. The van der Waals surface area contributed by atoms with E-state index in [2.05, 4.69) is 30.1 Å². The van der Waals surface area contributed by atoms with Crippen LogP contribution >= 0.6 is 11.6 Å². The first-order chi connectivity index (χ1) is 10.6. The van der Waals surface area contributed by atoms with Crippen molar-refractivity contribution in [2.75, 3.05) is 32.8 Å². The maximum Gasteiger partial charge on any atom is 0.125 e. The monoisotopic (exact) mass is 324 g/mol. The molecule has 3 nitrogen and oxygen atoms in total. The molecule has 0 amide bonds. The molecule has 0 unspecified atom stereocenters. The molecule has 0 aromatic heterocycles. The summed E-state index contributed by atoms with van der Waals surface area (Å²) in [5.41, 5.74) is 1.23. The lowest BCUT2D eigenvalue weighted by atomic mass is 10.1. The molecule has 1 N–H and O–H groups in total. The van der Waals surface area contributed by atoms with Gasteiger partial charge in [0.25, 0.3) is 0 Å². The smallest absolute Gasteiger partial charge is 0.125 e. The Hall–Kier alpha value is -0.770. The van der Waals surface area contributed by atoms with E-state index in [1.54, 1.807) is 0 Å². The molecule has 1 aromatic carbocycles. The Kier molecular flexibility index (Phi) is 7.00. The summed E-state index contributed by atoms with van der Waals surface area (Å²) < 4.78 is 5.77. The molecule has 0 bridgehead atoms. The van der Waals surface area contributed by atoms with Gasteiger partial charge in [0, 0.05) is 30.2 Å². The number of ether oxygens (including phenoxy) is 1. The van der Waals surface area contributed by atoms with Crippen LogP contribution in [0.5, 0.6) is 5.75 Å². The maximum atomic E-state index is 6.11. The van der Waals surface area contributed by atoms with Gasteiger partial charge >= 0.3 is 0 Å². The molecule has 1 fully saturated rings. The first-order valence-electron chi connectivity index (χ1n) is 8.42. The van der Waals surface area contributed by atoms with Crippen molar-refractivity contribution in [1.29, 1.82) is 0 Å². The van der Waals surface area contributed by atoms with Crippen LogP contribution in [0.25, 0.3) is 0 Å². The van der Waals surface area contributed by atoms with Gasteiger partial charge in [0.2, 0.25) is 0 Å². The van der Waals surface area contributed by atoms with Crippen molar-refractivity contribution >= 4 is 11.6 Å². The second kappa shape index (κ2) is 8.76. The standard InChI is InChI=1S/C18H29ClN2O/c1-4-22-18-9-17(19)6-5-16(18)13-21(11-14(2)3)12-15-7-8-20-10-15/h5-6,9,14-15,20H,4,7-8,10-13H2,1-3H3/t15-/m0/s1. The fourth-order valence-electron chi connectivity index (χ4n) is 3.15. The summed E-state index contributed by atoms with van der Waals surface area (Å²) >= 11 is 6.11. The average Bonchev–Trinajstić information content (AvgIpc) is 2.94. The van der Waals surface area contributed by atoms with Gasteiger partial charge in [-0.1, -0.05) is 31.5 Å². The fraction of sp³-hybridized carbons (Fsp3) is 0.667. The van der Waals surface area contributed by atoms with E-state index < -0.39 is 0 Å². The topological polar surface area (TPSA) is 24.5 Å². The Bertz CT molecular complexity index is 458. The van der Waals surface area contributed by atoms with E-state index in [1.807, 2.05) is 19.1 Å². The second-order valence-corrected chi connectivity index (χ2v) is 7.07. The third-order valence-corrected chi connectivity index (χ3v) is 4.26. The van der Waals surface area contributed by atoms with Crippen molar-refractivity contribution in [2.45, 2.75) is 33.7 Å². The fourth-order valence-corrected chi connectivity index (χ4v) is 3.31. The van der Waals surface area contributed by atoms with E-state index in [9.17, 15) is 0 Å². The first-order valence-corrected chi connectivity index (χ1v) is 8.80. The van der Waals surface area contributed by atoms with E-state index >= 15 is 0 Å². The molecule has 0 radical (unpaired) electrons. The average molecular weight is 325 g/mol. The van der Waals surface area contributed by atoms with Gasteiger partial charge in [-0.05, 0) is 50.4 Å². The van der Waals surface area contributed by atoms with Crippen LogP contribution in [0.15, 0.2) is 18.2 Å². The number of nitrogens with zero attached hydrogens (tertiary/aromatic N) is 1. The molecule has 124 valence electrons. The molecule has 1 atom stereocenters. The highest BCUT2D eigenvalue weighted by atomic mass is 35.5. The van der Waals surface area contributed by atoms with Crippen LogP contribution in [-0.2, 0) is 6.54 Å². The van der Waals surface area contributed by atoms with Crippen molar-refractivity contribution in [3.05, 3.63) is 28.8 Å². The van der Waals surface area contributed by atoms with Gasteiger partial charge in [-0.2, -0.15) is 0 Å². The molecule has 1 heterocycles. The van der Waals surface area contributed by atoms with Gasteiger partial charge in [-0.15, -0.1) is 0 Å². The van der Waals surface area contributed by atoms with Crippen LogP contribution in [0.4, 0.5) is 0 Å². The number of hydrogen-bond acceptors (Lipinski definition) is 3. The van der Waals surface area contributed by atoms with E-state index in [4.69, 9.17) is 16.3 Å². The molecule has 22 heavy (non-hydrogen) atoms. The zero-order valence-electron chi connectivity index (χ0n) is 14.1. The molecular formula is C18H29ClN2O. The van der Waals surface area contributed by atoms with Gasteiger partial charge in [0.1, 0.15) is 5.75 Å². The lowest BCUT2D eigenvalue weighted by Crippen LogP contribution is -2.33. The number of halogens is 1. The normalized spacial score (nSPS) is 18.4. The van der Waals surface area contributed by atoms with Crippen LogP contribution in [0.2, 0.25) is 5.02 Å². The molecule has 1 aliphatic rings. The van der Waals surface area contributed by atoms with Gasteiger partial charge in [0.15, 0.2) is 0 Å². The Morgan fingerprint density at radius 3 is 2.86 bits per heavy atom. The summed E-state index contributed by atoms with van der Waals surface area (Å²) in [4.78, 5) is 2.56. The highest BCUT2D eigenvalue weighted by Crippen LogP contribution is 2.26. The van der Waals surface area contributed by atoms with Crippen molar-refractivity contribution in [2.24, 2.45) is 11.8 Å². The summed E-state index contributed by atoms with van der Waals surface area (Å²) in [6.07, 6.45) is 1.29. The lowest BCUT2D eigenvalue weighted by Gasteiger charge is -2.27. The number of hydrogen-bond donors (Lipinski definition) is 1. The van der Waals surface area contributed by atoms with E-state index in [0.717, 1.165) is 49.4 Å². The SMILES string of the molecule is CCOc1cc(Cl)ccc1CN(CC(C)C)C[C@H]1CCNC1. The summed E-state index contributed by atoms with van der Waals surface area (Å²) in [5.74, 6) is 2.35. The molecule has 1 saturated heterocycles. The largest absolute Gasteiger partial charge is 0.493 e. The summed E-state index contributed by atoms with van der Waals surface area (Å²) in [7, 11) is 0. The molecule has 2 rings (SSSR count). The number of benzene rings is 1. The Morgan fingerprint density at radius 1 is 1.41 bits per heavy atom. The maximum absolute atomic E-state index is 6.11. The zero-order valence-corrected chi connectivity index (χ0v) is 14.8. The van der Waals surface area contributed by atoms with Crippen molar-refractivity contribution in [1.82, 2.24) is 10.2 Å². The summed E-state index contributed by atoms with van der Waals surface area (Å²) in [6.45, 7) is 12.8. The molecule has 1 aromatic rings. The first kappa shape index (κ1) is 17.6. The van der Waals surface area contributed by atoms with E-state index in [0.29, 0.717) is 12.5 Å². The van der Waals surface area contributed by atoms with Crippen LogP contribution < -0.4 is 10.1 Å². The minimum absolute atomic E-state index is 0.664. The highest BCUT2D eigenvalue weighted by Gasteiger charge is 2.20. The number of rotatable bonds is 8. The molecule has 4 heteroatoms. The minimum atomic E-state index is 0.664.